The first-order chi connectivity index (χ1) is 7.63. The highest BCUT2D eigenvalue weighted by atomic mass is 16.5. The van der Waals surface area contributed by atoms with Gasteiger partial charge in [0.25, 0.3) is 0 Å². The van der Waals surface area contributed by atoms with E-state index in [1.807, 2.05) is 19.9 Å². The summed E-state index contributed by atoms with van der Waals surface area (Å²) in [6, 6.07) is 1.90. The maximum Gasteiger partial charge on any atom is 0.232 e. The molecule has 0 amide bonds. The first-order valence-electron chi connectivity index (χ1n) is 5.27. The number of hydrogen-bond acceptors (Lipinski definition) is 5. The van der Waals surface area contributed by atoms with E-state index in [-0.39, 0.29) is 11.2 Å². The molecule has 0 radical (unpaired) electrons. The molecule has 2 N–H and O–H groups in total. The first kappa shape index (κ1) is 12.4. The van der Waals surface area contributed by atoms with E-state index in [2.05, 4.69) is 9.97 Å². The molecule has 0 bridgehead atoms. The van der Waals surface area contributed by atoms with Crippen LogP contribution in [0.5, 0.6) is 5.88 Å². The summed E-state index contributed by atoms with van der Waals surface area (Å²) in [6.45, 7) is 4.45. The summed E-state index contributed by atoms with van der Waals surface area (Å²) in [4.78, 5) is 7.82. The van der Waals surface area contributed by atoms with Crippen molar-refractivity contribution in [1.82, 2.24) is 9.97 Å². The summed E-state index contributed by atoms with van der Waals surface area (Å²) >= 11 is 0. The maximum atomic E-state index is 8.55. The number of nitrogens with two attached hydrogens (primary N) is 1. The molecule has 0 aliphatic heterocycles. The second kappa shape index (κ2) is 5.42. The van der Waals surface area contributed by atoms with Gasteiger partial charge in [0.1, 0.15) is 12.7 Å². The van der Waals surface area contributed by atoms with Crippen molar-refractivity contribution in [3.8, 4) is 11.9 Å². The molecule has 1 aromatic heterocycles. The van der Waals surface area contributed by atoms with Gasteiger partial charge in [-0.15, -0.1) is 0 Å². The van der Waals surface area contributed by atoms with Gasteiger partial charge in [-0.1, -0.05) is 13.8 Å². The van der Waals surface area contributed by atoms with Crippen molar-refractivity contribution in [2.75, 3.05) is 6.61 Å². The molecular formula is C11H16N4O. The van der Waals surface area contributed by atoms with E-state index in [4.69, 9.17) is 15.7 Å². The summed E-state index contributed by atoms with van der Waals surface area (Å²) < 4.78 is 5.44. The van der Waals surface area contributed by atoms with Gasteiger partial charge in [0.05, 0.1) is 12.4 Å². The van der Waals surface area contributed by atoms with E-state index >= 15 is 0 Å². The third-order valence-electron chi connectivity index (χ3n) is 2.66. The van der Waals surface area contributed by atoms with Crippen LogP contribution in [0.15, 0.2) is 12.4 Å². The quantitative estimate of drug-likeness (QED) is 0.807. The average Bonchev–Trinajstić information content (AvgIpc) is 2.36. The molecular weight excluding hydrogens is 204 g/mol. The molecule has 0 saturated heterocycles. The first-order valence-corrected chi connectivity index (χ1v) is 5.27. The molecule has 0 aliphatic carbocycles. The molecule has 1 heterocycles. The molecule has 0 unspecified atom stereocenters. The van der Waals surface area contributed by atoms with Crippen molar-refractivity contribution >= 4 is 0 Å². The van der Waals surface area contributed by atoms with Crippen molar-refractivity contribution in [2.24, 2.45) is 5.73 Å². The zero-order valence-electron chi connectivity index (χ0n) is 9.60. The Morgan fingerprint density at radius 2 is 2.06 bits per heavy atom. The summed E-state index contributed by atoms with van der Waals surface area (Å²) in [5.74, 6) is 0.399. The van der Waals surface area contributed by atoms with E-state index in [1.54, 1.807) is 0 Å². The Morgan fingerprint density at radius 1 is 1.38 bits per heavy atom. The van der Waals surface area contributed by atoms with Crippen LogP contribution in [0.3, 0.4) is 0 Å². The lowest BCUT2D eigenvalue weighted by Gasteiger charge is -2.25. The topological polar surface area (TPSA) is 84.8 Å². The van der Waals surface area contributed by atoms with Gasteiger partial charge < -0.3 is 10.5 Å². The van der Waals surface area contributed by atoms with E-state index in [0.29, 0.717) is 12.5 Å². The predicted octanol–water partition coefficient (Wildman–Crippen LogP) is 1.24. The fourth-order valence-corrected chi connectivity index (χ4v) is 1.12. The molecule has 86 valence electrons. The smallest absolute Gasteiger partial charge is 0.232 e. The highest BCUT2D eigenvalue weighted by Gasteiger charge is 2.21. The number of aromatic nitrogens is 2. The van der Waals surface area contributed by atoms with Gasteiger partial charge in [0.15, 0.2) is 5.69 Å². The molecule has 0 saturated carbocycles. The monoisotopic (exact) mass is 220 g/mol. The van der Waals surface area contributed by atoms with Crippen LogP contribution >= 0.6 is 0 Å². The number of ether oxygens (including phenoxy) is 1. The van der Waals surface area contributed by atoms with Crippen molar-refractivity contribution in [3.05, 3.63) is 18.1 Å². The van der Waals surface area contributed by atoms with Crippen LogP contribution in [0.4, 0.5) is 0 Å². The number of nitriles is 1. The predicted molar refractivity (Wildman–Crippen MR) is 59.7 cm³/mol. The lowest BCUT2D eigenvalue weighted by Crippen LogP contribution is -2.44. The van der Waals surface area contributed by atoms with Gasteiger partial charge in [0.2, 0.25) is 5.88 Å². The van der Waals surface area contributed by atoms with E-state index < -0.39 is 0 Å². The van der Waals surface area contributed by atoms with Gasteiger partial charge >= 0.3 is 0 Å². The fraction of sp³-hybridized carbons (Fsp3) is 0.545. The van der Waals surface area contributed by atoms with Crippen LogP contribution in [0.1, 0.15) is 32.4 Å². The zero-order valence-corrected chi connectivity index (χ0v) is 9.60. The Bertz CT molecular complexity index is 365. The SMILES string of the molecule is CCC(N)(CC)COc1cnc(C#N)cn1. The molecule has 0 fully saturated rings. The second-order valence-electron chi connectivity index (χ2n) is 3.71. The Balaban J connectivity index is 2.58. The van der Waals surface area contributed by atoms with Crippen molar-refractivity contribution in [2.45, 2.75) is 32.2 Å². The minimum atomic E-state index is -0.324. The molecule has 5 heteroatoms. The molecule has 16 heavy (non-hydrogen) atoms. The molecule has 0 spiro atoms. The fourth-order valence-electron chi connectivity index (χ4n) is 1.12. The summed E-state index contributed by atoms with van der Waals surface area (Å²) in [6.07, 6.45) is 4.50. The maximum absolute atomic E-state index is 8.55. The average molecular weight is 220 g/mol. The third-order valence-corrected chi connectivity index (χ3v) is 2.66. The third kappa shape index (κ3) is 3.17. The molecule has 1 aromatic rings. The van der Waals surface area contributed by atoms with Crippen molar-refractivity contribution in [1.29, 1.82) is 5.26 Å². The Kier molecular flexibility index (Phi) is 4.20. The summed E-state index contributed by atoms with van der Waals surface area (Å²) in [7, 11) is 0. The van der Waals surface area contributed by atoms with Gasteiger partial charge in [-0.05, 0) is 12.8 Å². The standard InChI is InChI=1S/C11H16N4O/c1-3-11(13,4-2)8-16-10-7-14-9(5-12)6-15-10/h6-7H,3-4,8,13H2,1-2H3. The van der Waals surface area contributed by atoms with E-state index in [1.165, 1.54) is 12.4 Å². The molecule has 5 nitrogen and oxygen atoms in total. The largest absolute Gasteiger partial charge is 0.475 e. The Morgan fingerprint density at radius 3 is 2.50 bits per heavy atom. The van der Waals surface area contributed by atoms with Crippen molar-refractivity contribution < 1.29 is 4.74 Å². The van der Waals surface area contributed by atoms with E-state index in [9.17, 15) is 0 Å². The van der Waals surface area contributed by atoms with Gasteiger partial charge in [-0.25, -0.2) is 9.97 Å². The van der Waals surface area contributed by atoms with Crippen LogP contribution in [0.2, 0.25) is 0 Å². The zero-order chi connectivity index (χ0) is 12.0. The lowest BCUT2D eigenvalue weighted by atomic mass is 9.96. The molecule has 0 aliphatic rings. The molecule has 0 aromatic carbocycles. The van der Waals surface area contributed by atoms with Crippen LogP contribution in [0.25, 0.3) is 0 Å². The van der Waals surface area contributed by atoms with Crippen LogP contribution in [-0.2, 0) is 0 Å². The lowest BCUT2D eigenvalue weighted by molar-refractivity contribution is 0.200. The summed E-state index contributed by atoms with van der Waals surface area (Å²) in [5, 5.41) is 8.55. The minimum absolute atomic E-state index is 0.275. The number of nitrogens with zero attached hydrogens (tertiary/aromatic N) is 3. The Hall–Kier alpha value is -1.67. The molecule has 1 rings (SSSR count). The van der Waals surface area contributed by atoms with Gasteiger partial charge in [0, 0.05) is 5.54 Å². The summed E-state index contributed by atoms with van der Waals surface area (Å²) in [5.41, 5.74) is 6.03. The van der Waals surface area contributed by atoms with Gasteiger partial charge in [-0.2, -0.15) is 5.26 Å². The highest BCUT2D eigenvalue weighted by Crippen LogP contribution is 2.13. The highest BCUT2D eigenvalue weighted by molar-refractivity contribution is 5.18. The van der Waals surface area contributed by atoms with Crippen LogP contribution in [-0.4, -0.2) is 22.1 Å². The van der Waals surface area contributed by atoms with Gasteiger partial charge in [-0.3, -0.25) is 0 Å². The van der Waals surface area contributed by atoms with Crippen LogP contribution in [0, 0.1) is 11.3 Å². The second-order valence-corrected chi connectivity index (χ2v) is 3.71. The number of rotatable bonds is 5. The van der Waals surface area contributed by atoms with E-state index in [0.717, 1.165) is 12.8 Å². The van der Waals surface area contributed by atoms with Crippen LogP contribution < -0.4 is 10.5 Å². The normalized spacial score (nSPS) is 10.9. The molecule has 0 atom stereocenters. The van der Waals surface area contributed by atoms with Crippen molar-refractivity contribution in [3.63, 3.8) is 0 Å². The minimum Gasteiger partial charge on any atom is -0.475 e. The Labute approximate surface area is 95.3 Å². The number of hydrogen-bond donors (Lipinski definition) is 1.